The molecule has 0 amide bonds. The van der Waals surface area contributed by atoms with Gasteiger partial charge in [0.15, 0.2) is 6.10 Å². The van der Waals surface area contributed by atoms with E-state index in [2.05, 4.69) is 81.5 Å². The molecule has 0 aliphatic heterocycles. The molecule has 0 spiro atoms. The highest BCUT2D eigenvalue weighted by atomic mass is 16.6. The van der Waals surface area contributed by atoms with Crippen LogP contribution < -0.4 is 0 Å². The summed E-state index contributed by atoms with van der Waals surface area (Å²) in [6, 6.07) is 0. The average Bonchev–Trinajstić information content (AvgIpc) is 3.14. The molecule has 0 aromatic carbocycles. The Bertz CT molecular complexity index is 1020. The maximum absolute atomic E-state index is 12.6. The standard InChI is InChI=1S/C46H76O6/c1-4-7-10-13-16-18-19-20-21-22-23-24-25-26-27-29-30-33-36-39-45(48)51-42-43(41-50-44(47)38-35-32-15-12-9-6-3)52-46(49)40-37-34-31-28-17-14-11-8-5-2/h7,10,16,18,20-21,23-24,26-27,30,33,43H,4-6,8-9,11-15,17,19,22,25,28-29,31-32,34-42H2,1-3H3/b10-7-,18-16-,21-20-,24-23-,27-26-,33-30-. The summed E-state index contributed by atoms with van der Waals surface area (Å²) in [6.45, 7) is 6.34. The molecule has 1 unspecified atom stereocenters. The van der Waals surface area contributed by atoms with Gasteiger partial charge in [0.2, 0.25) is 0 Å². The number of hydrogen-bond donors (Lipinski definition) is 0. The van der Waals surface area contributed by atoms with E-state index in [1.165, 1.54) is 57.8 Å². The molecule has 0 aromatic rings. The molecule has 6 heteroatoms. The largest absolute Gasteiger partial charge is 0.462 e. The fourth-order valence-electron chi connectivity index (χ4n) is 5.35. The van der Waals surface area contributed by atoms with Gasteiger partial charge in [0.25, 0.3) is 0 Å². The number of allylic oxidation sites excluding steroid dienone is 12. The third kappa shape index (κ3) is 38.1. The van der Waals surface area contributed by atoms with Crippen LogP contribution in [0.1, 0.15) is 181 Å². The van der Waals surface area contributed by atoms with Gasteiger partial charge in [-0.3, -0.25) is 14.4 Å². The second-order valence-electron chi connectivity index (χ2n) is 13.5. The fraction of sp³-hybridized carbons (Fsp3) is 0.674. The van der Waals surface area contributed by atoms with Gasteiger partial charge in [-0.25, -0.2) is 0 Å². The van der Waals surface area contributed by atoms with E-state index >= 15 is 0 Å². The van der Waals surface area contributed by atoms with Gasteiger partial charge in [-0.15, -0.1) is 0 Å². The minimum atomic E-state index is -0.797. The van der Waals surface area contributed by atoms with Crippen molar-refractivity contribution < 1.29 is 28.6 Å². The van der Waals surface area contributed by atoms with Crippen molar-refractivity contribution in [1.29, 1.82) is 0 Å². The molecular weight excluding hydrogens is 648 g/mol. The highest BCUT2D eigenvalue weighted by molar-refractivity contribution is 5.71. The summed E-state index contributed by atoms with van der Waals surface area (Å²) in [4.78, 5) is 37.3. The maximum atomic E-state index is 12.6. The Hall–Kier alpha value is -3.15. The van der Waals surface area contributed by atoms with E-state index in [-0.39, 0.29) is 37.5 Å². The van der Waals surface area contributed by atoms with Crippen molar-refractivity contribution in [2.24, 2.45) is 0 Å². The first kappa shape index (κ1) is 48.9. The molecule has 0 aromatic heterocycles. The number of ether oxygens (including phenoxy) is 3. The molecule has 0 aliphatic carbocycles. The van der Waals surface area contributed by atoms with Gasteiger partial charge in [-0.05, 0) is 57.8 Å². The van der Waals surface area contributed by atoms with E-state index in [4.69, 9.17) is 14.2 Å². The SMILES string of the molecule is CC/C=C\C/C=C\C/C=C\C/C=C\C/C=C\C/C=C\CCC(=O)OCC(COC(=O)CCCCCCCC)OC(=O)CCCCCCCCCCC. The van der Waals surface area contributed by atoms with Crippen LogP contribution in [0.5, 0.6) is 0 Å². The third-order valence-corrected chi connectivity index (χ3v) is 8.49. The van der Waals surface area contributed by atoms with Crippen molar-refractivity contribution in [3.05, 3.63) is 72.9 Å². The molecule has 0 N–H and O–H groups in total. The van der Waals surface area contributed by atoms with Crippen molar-refractivity contribution in [2.45, 2.75) is 187 Å². The Morgan fingerprint density at radius 2 is 0.750 bits per heavy atom. The molecule has 296 valence electrons. The number of rotatable bonds is 36. The van der Waals surface area contributed by atoms with Gasteiger partial charge in [0, 0.05) is 19.3 Å². The van der Waals surface area contributed by atoms with E-state index in [1.54, 1.807) is 0 Å². The fourth-order valence-corrected chi connectivity index (χ4v) is 5.35. The van der Waals surface area contributed by atoms with Crippen molar-refractivity contribution >= 4 is 17.9 Å². The lowest BCUT2D eigenvalue weighted by molar-refractivity contribution is -0.166. The van der Waals surface area contributed by atoms with Crippen molar-refractivity contribution in [3.63, 3.8) is 0 Å². The summed E-state index contributed by atoms with van der Waals surface area (Å²) in [6.07, 6.45) is 49.2. The number of carbonyl (C=O) groups is 3. The van der Waals surface area contributed by atoms with Crippen LogP contribution in [-0.4, -0.2) is 37.2 Å². The van der Waals surface area contributed by atoms with Crippen LogP contribution in [0, 0.1) is 0 Å². The molecule has 0 aliphatic rings. The summed E-state index contributed by atoms with van der Waals surface area (Å²) in [5.74, 6) is -1.01. The first-order chi connectivity index (χ1) is 25.5. The van der Waals surface area contributed by atoms with Gasteiger partial charge in [0.05, 0.1) is 0 Å². The zero-order valence-corrected chi connectivity index (χ0v) is 33.5. The Kier molecular flexibility index (Phi) is 38.2. The summed E-state index contributed by atoms with van der Waals surface area (Å²) in [5, 5.41) is 0. The van der Waals surface area contributed by atoms with Gasteiger partial charge >= 0.3 is 17.9 Å². The van der Waals surface area contributed by atoms with Gasteiger partial charge in [-0.1, -0.05) is 177 Å². The highest BCUT2D eigenvalue weighted by Crippen LogP contribution is 2.12. The van der Waals surface area contributed by atoms with Crippen LogP contribution in [-0.2, 0) is 28.6 Å². The predicted octanol–water partition coefficient (Wildman–Crippen LogP) is 13.1. The minimum Gasteiger partial charge on any atom is -0.462 e. The van der Waals surface area contributed by atoms with Crippen molar-refractivity contribution in [2.75, 3.05) is 13.2 Å². The van der Waals surface area contributed by atoms with Crippen LogP contribution in [0.3, 0.4) is 0 Å². The zero-order valence-electron chi connectivity index (χ0n) is 33.5. The molecule has 0 saturated heterocycles. The molecule has 0 rings (SSSR count). The Morgan fingerprint density at radius 1 is 0.404 bits per heavy atom. The monoisotopic (exact) mass is 725 g/mol. The molecule has 6 nitrogen and oxygen atoms in total. The number of hydrogen-bond acceptors (Lipinski definition) is 6. The first-order valence-electron chi connectivity index (χ1n) is 20.9. The van der Waals surface area contributed by atoms with E-state index in [1.807, 2.05) is 12.2 Å². The van der Waals surface area contributed by atoms with Gasteiger partial charge in [-0.2, -0.15) is 0 Å². The molecule has 0 bridgehead atoms. The molecule has 0 radical (unpaired) electrons. The number of unbranched alkanes of at least 4 members (excludes halogenated alkanes) is 13. The Morgan fingerprint density at radius 3 is 1.17 bits per heavy atom. The normalized spacial score (nSPS) is 12.8. The van der Waals surface area contributed by atoms with Gasteiger partial charge < -0.3 is 14.2 Å². The van der Waals surface area contributed by atoms with Crippen molar-refractivity contribution in [1.82, 2.24) is 0 Å². The Labute approximate surface area is 319 Å². The third-order valence-electron chi connectivity index (χ3n) is 8.49. The van der Waals surface area contributed by atoms with Gasteiger partial charge in [0.1, 0.15) is 13.2 Å². The van der Waals surface area contributed by atoms with E-state index in [9.17, 15) is 14.4 Å². The summed E-state index contributed by atoms with van der Waals surface area (Å²) in [7, 11) is 0. The maximum Gasteiger partial charge on any atom is 0.306 e. The number of carbonyl (C=O) groups excluding carboxylic acids is 3. The van der Waals surface area contributed by atoms with Crippen LogP contribution >= 0.6 is 0 Å². The molecule has 0 heterocycles. The zero-order chi connectivity index (χ0) is 38.0. The molecule has 0 fully saturated rings. The van der Waals surface area contributed by atoms with Crippen LogP contribution in [0.25, 0.3) is 0 Å². The lowest BCUT2D eigenvalue weighted by atomic mass is 10.1. The molecule has 0 saturated carbocycles. The van der Waals surface area contributed by atoms with E-state index in [0.717, 1.165) is 77.0 Å². The second-order valence-corrected chi connectivity index (χ2v) is 13.5. The predicted molar refractivity (Wildman–Crippen MR) is 219 cm³/mol. The van der Waals surface area contributed by atoms with Crippen molar-refractivity contribution in [3.8, 4) is 0 Å². The lowest BCUT2D eigenvalue weighted by Crippen LogP contribution is -2.30. The van der Waals surface area contributed by atoms with Crippen LogP contribution in [0.15, 0.2) is 72.9 Å². The summed E-state index contributed by atoms with van der Waals surface area (Å²) in [5.41, 5.74) is 0. The summed E-state index contributed by atoms with van der Waals surface area (Å²) < 4.78 is 16.5. The molecule has 52 heavy (non-hydrogen) atoms. The Balaban J connectivity index is 4.39. The smallest absolute Gasteiger partial charge is 0.306 e. The van der Waals surface area contributed by atoms with E-state index < -0.39 is 6.10 Å². The topological polar surface area (TPSA) is 78.9 Å². The quantitative estimate of drug-likeness (QED) is 0.0277. The van der Waals surface area contributed by atoms with E-state index in [0.29, 0.717) is 19.3 Å². The van der Waals surface area contributed by atoms with Crippen LogP contribution in [0.2, 0.25) is 0 Å². The second kappa shape index (κ2) is 40.6. The average molecular weight is 725 g/mol. The molecular formula is C46H76O6. The highest BCUT2D eigenvalue weighted by Gasteiger charge is 2.19. The van der Waals surface area contributed by atoms with Crippen LogP contribution in [0.4, 0.5) is 0 Å². The lowest BCUT2D eigenvalue weighted by Gasteiger charge is -2.18. The molecule has 1 atom stereocenters. The minimum absolute atomic E-state index is 0.0986. The first-order valence-corrected chi connectivity index (χ1v) is 20.9. The summed E-state index contributed by atoms with van der Waals surface area (Å²) >= 11 is 0. The number of esters is 3.